The molecule has 3 saturated carbocycles. The van der Waals surface area contributed by atoms with E-state index in [1.807, 2.05) is 0 Å². The predicted octanol–water partition coefficient (Wildman–Crippen LogP) is 0.520. The first kappa shape index (κ1) is 16.4. The van der Waals surface area contributed by atoms with Gasteiger partial charge in [-0.25, -0.2) is 4.79 Å². The second-order valence-electron chi connectivity index (χ2n) is 6.79. The average Bonchev–Trinajstić information content (AvgIpc) is 2.90. The topological polar surface area (TPSA) is 116 Å². The molecular formula is C17H20N2O5. The summed E-state index contributed by atoms with van der Waals surface area (Å²) in [5.74, 6) is -2.51. The molecule has 0 aromatic carbocycles. The fraction of sp³-hybridized carbons (Fsp3) is 0.471. The molecule has 7 heteroatoms. The summed E-state index contributed by atoms with van der Waals surface area (Å²) in [6.07, 6.45) is 6.33. The van der Waals surface area contributed by atoms with Gasteiger partial charge in [0.25, 0.3) is 0 Å². The molecule has 0 spiro atoms. The number of nitrogens with one attached hydrogen (secondary N) is 2. The Morgan fingerprint density at radius 2 is 1.83 bits per heavy atom. The minimum Gasteiger partial charge on any atom is -0.508 e. The van der Waals surface area contributed by atoms with Gasteiger partial charge in [-0.15, -0.1) is 0 Å². The molecule has 0 aromatic heterocycles. The zero-order valence-corrected chi connectivity index (χ0v) is 13.7. The van der Waals surface area contributed by atoms with E-state index in [-0.39, 0.29) is 11.3 Å². The number of fused-ring (bicyclic) bond motifs is 2. The van der Waals surface area contributed by atoms with Crippen LogP contribution in [0.25, 0.3) is 0 Å². The van der Waals surface area contributed by atoms with Crippen LogP contribution in [0.3, 0.4) is 0 Å². The summed E-state index contributed by atoms with van der Waals surface area (Å²) in [6, 6.07) is -1.89. The second-order valence-corrected chi connectivity index (χ2v) is 6.79. The molecule has 1 saturated heterocycles. The van der Waals surface area contributed by atoms with Crippen LogP contribution in [-0.2, 0) is 9.59 Å². The quantitative estimate of drug-likeness (QED) is 0.255. The number of aliphatic hydroxyl groups excluding tert-OH is 1. The molecule has 24 heavy (non-hydrogen) atoms. The molecule has 7 nitrogen and oxygen atoms in total. The summed E-state index contributed by atoms with van der Waals surface area (Å²) >= 11 is 0. The van der Waals surface area contributed by atoms with Crippen molar-refractivity contribution >= 4 is 17.6 Å². The van der Waals surface area contributed by atoms with Crippen molar-refractivity contribution in [2.75, 3.05) is 0 Å². The molecule has 5 atom stereocenters. The van der Waals surface area contributed by atoms with E-state index < -0.39 is 46.6 Å². The average molecular weight is 332 g/mol. The lowest BCUT2D eigenvalue weighted by molar-refractivity contribution is -0.172. The van der Waals surface area contributed by atoms with E-state index in [1.54, 1.807) is 25.2 Å². The first-order chi connectivity index (χ1) is 11.2. The molecule has 2 bridgehead atoms. The van der Waals surface area contributed by atoms with Crippen LogP contribution in [0.5, 0.6) is 0 Å². The molecule has 4 rings (SSSR count). The molecule has 0 aromatic rings. The number of urea groups is 1. The number of hydrogen-bond acceptors (Lipinski definition) is 5. The van der Waals surface area contributed by atoms with Gasteiger partial charge in [0.05, 0.1) is 12.1 Å². The van der Waals surface area contributed by atoms with Crippen LogP contribution in [0.1, 0.15) is 20.8 Å². The van der Waals surface area contributed by atoms with Gasteiger partial charge >= 0.3 is 6.03 Å². The Morgan fingerprint density at radius 1 is 1.17 bits per heavy atom. The zero-order valence-electron chi connectivity index (χ0n) is 13.7. The van der Waals surface area contributed by atoms with Gasteiger partial charge in [0.15, 0.2) is 11.6 Å². The number of amides is 2. The summed E-state index contributed by atoms with van der Waals surface area (Å²) in [4.78, 5) is 37.4. The van der Waals surface area contributed by atoms with Gasteiger partial charge in [-0.1, -0.05) is 18.2 Å². The first-order valence-electron chi connectivity index (χ1n) is 7.79. The number of carbonyl (C=O) groups excluding carboxylic acids is 3. The Kier molecular flexibility index (Phi) is 3.46. The minimum atomic E-state index is -1.86. The van der Waals surface area contributed by atoms with E-state index in [0.29, 0.717) is 0 Å². The summed E-state index contributed by atoms with van der Waals surface area (Å²) in [7, 11) is 0. The Bertz CT molecular complexity index is 733. The van der Waals surface area contributed by atoms with Gasteiger partial charge < -0.3 is 20.8 Å². The molecule has 4 N–H and O–H groups in total. The highest BCUT2D eigenvalue weighted by Crippen LogP contribution is 2.54. The normalized spacial score (nSPS) is 43.3. The van der Waals surface area contributed by atoms with E-state index in [9.17, 15) is 24.6 Å². The molecule has 2 amide bonds. The van der Waals surface area contributed by atoms with Crippen molar-refractivity contribution < 1.29 is 24.6 Å². The van der Waals surface area contributed by atoms with Crippen molar-refractivity contribution in [2.45, 2.75) is 38.5 Å². The largest absolute Gasteiger partial charge is 0.508 e. The van der Waals surface area contributed by atoms with E-state index in [4.69, 9.17) is 0 Å². The molecule has 1 heterocycles. The molecule has 128 valence electrons. The van der Waals surface area contributed by atoms with Gasteiger partial charge in [-0.05, 0) is 26.8 Å². The van der Waals surface area contributed by atoms with Crippen LogP contribution in [0.4, 0.5) is 4.79 Å². The monoisotopic (exact) mass is 332 g/mol. The Labute approximate surface area is 139 Å². The maximum absolute atomic E-state index is 12.9. The van der Waals surface area contributed by atoms with Crippen molar-refractivity contribution in [3.8, 4) is 0 Å². The van der Waals surface area contributed by atoms with Crippen LogP contribution >= 0.6 is 0 Å². The third-order valence-corrected chi connectivity index (χ3v) is 5.32. The number of carbonyl (C=O) groups is 3. The smallest absolute Gasteiger partial charge is 0.315 e. The highest BCUT2D eigenvalue weighted by Gasteiger charge is 2.73. The van der Waals surface area contributed by atoms with Crippen LogP contribution in [-0.4, -0.2) is 45.5 Å². The summed E-state index contributed by atoms with van der Waals surface area (Å²) in [6.45, 7) is 4.54. The number of hydrogen-bond donors (Lipinski definition) is 4. The lowest BCUT2D eigenvalue weighted by atomic mass is 9.48. The lowest BCUT2D eigenvalue weighted by Crippen LogP contribution is -2.76. The Morgan fingerprint density at radius 3 is 2.46 bits per heavy atom. The second kappa shape index (κ2) is 5.04. The van der Waals surface area contributed by atoms with Crippen LogP contribution in [0.2, 0.25) is 0 Å². The van der Waals surface area contributed by atoms with Crippen molar-refractivity contribution in [3.63, 3.8) is 0 Å². The van der Waals surface area contributed by atoms with E-state index in [0.717, 1.165) is 0 Å². The highest BCUT2D eigenvalue weighted by atomic mass is 16.3. The number of ketones is 2. The van der Waals surface area contributed by atoms with Crippen molar-refractivity contribution in [3.05, 3.63) is 35.6 Å². The Balaban J connectivity index is 2.21. The maximum atomic E-state index is 12.9. The molecule has 1 aliphatic heterocycles. The fourth-order valence-corrected chi connectivity index (χ4v) is 4.19. The molecule has 3 aliphatic carbocycles. The Hall–Kier alpha value is -2.41. The SMILES string of the molecule is CC=CC=CC(O)=C1C(=O)C2(C)C(=O)C(C)(O)C1C1NC(=O)NC12. The van der Waals surface area contributed by atoms with Crippen LogP contribution in [0, 0.1) is 11.3 Å². The summed E-state index contributed by atoms with van der Waals surface area (Å²) in [5.41, 5.74) is -3.51. The highest BCUT2D eigenvalue weighted by molar-refractivity contribution is 6.22. The van der Waals surface area contributed by atoms with Gasteiger partial charge in [0.1, 0.15) is 16.8 Å². The maximum Gasteiger partial charge on any atom is 0.315 e. The van der Waals surface area contributed by atoms with Gasteiger partial charge in [0.2, 0.25) is 0 Å². The minimum absolute atomic E-state index is 0.0203. The van der Waals surface area contributed by atoms with Gasteiger partial charge in [0, 0.05) is 11.5 Å². The van der Waals surface area contributed by atoms with Crippen molar-refractivity contribution in [1.82, 2.24) is 10.6 Å². The van der Waals surface area contributed by atoms with Crippen molar-refractivity contribution in [2.24, 2.45) is 11.3 Å². The van der Waals surface area contributed by atoms with Crippen molar-refractivity contribution in [1.29, 1.82) is 0 Å². The third-order valence-electron chi connectivity index (χ3n) is 5.32. The number of aliphatic hydroxyl groups is 2. The van der Waals surface area contributed by atoms with E-state index >= 15 is 0 Å². The standard InChI is InChI=1S/C17H20N2O5/c1-4-5-6-7-8(20)9-10-11-12(19-15(23)18-11)16(2,13(9)21)14(22)17(10,3)24/h4-7,10-12,20,24H,1-3H3,(H2,18,19,23). The van der Waals surface area contributed by atoms with Gasteiger partial charge in [-0.3, -0.25) is 9.59 Å². The number of rotatable bonds is 2. The van der Waals surface area contributed by atoms with Crippen LogP contribution < -0.4 is 10.6 Å². The third kappa shape index (κ3) is 1.84. The molecule has 4 fully saturated rings. The molecular weight excluding hydrogens is 312 g/mol. The number of allylic oxidation sites excluding steroid dienone is 4. The molecule has 5 unspecified atom stereocenters. The summed E-state index contributed by atoms with van der Waals surface area (Å²) in [5, 5.41) is 26.4. The van der Waals surface area contributed by atoms with E-state index in [2.05, 4.69) is 10.6 Å². The summed E-state index contributed by atoms with van der Waals surface area (Å²) < 4.78 is 0. The number of Topliss-reactive ketones (excluding diaryl/α,β-unsaturated/α-hetero) is 2. The van der Waals surface area contributed by atoms with Crippen LogP contribution in [0.15, 0.2) is 35.6 Å². The fourth-order valence-electron chi connectivity index (χ4n) is 4.19. The van der Waals surface area contributed by atoms with E-state index in [1.165, 1.54) is 19.9 Å². The lowest BCUT2D eigenvalue weighted by Gasteiger charge is -2.56. The van der Waals surface area contributed by atoms with Gasteiger partial charge in [-0.2, -0.15) is 0 Å². The zero-order chi connectivity index (χ0) is 17.9. The first-order valence-corrected chi connectivity index (χ1v) is 7.79. The predicted molar refractivity (Wildman–Crippen MR) is 85.1 cm³/mol. The molecule has 0 radical (unpaired) electrons. The molecule has 4 aliphatic rings.